The second kappa shape index (κ2) is 11.8. The van der Waals surface area contributed by atoms with Gasteiger partial charge in [0.1, 0.15) is 0 Å². The van der Waals surface area contributed by atoms with Crippen LogP contribution in [0.25, 0.3) is 6.08 Å². The molecule has 0 saturated heterocycles. The van der Waals surface area contributed by atoms with Crippen molar-refractivity contribution in [2.45, 2.75) is 39.8 Å². The van der Waals surface area contributed by atoms with E-state index in [4.69, 9.17) is 18.9 Å². The van der Waals surface area contributed by atoms with E-state index in [9.17, 15) is 14.7 Å². The number of hydrogen-bond donors (Lipinski definition) is 1. The van der Waals surface area contributed by atoms with E-state index in [1.54, 1.807) is 51.3 Å². The quantitative estimate of drug-likeness (QED) is 0.288. The fraction of sp³-hybridized carbons (Fsp3) is 0.321. The molecule has 0 aliphatic carbocycles. The highest BCUT2D eigenvalue weighted by Gasteiger charge is 2.34. The van der Waals surface area contributed by atoms with Crippen LogP contribution in [0.3, 0.4) is 0 Å². The second-order valence-corrected chi connectivity index (χ2v) is 11.1. The third kappa shape index (κ3) is 5.69. The van der Waals surface area contributed by atoms with Crippen LogP contribution in [-0.2, 0) is 9.53 Å². The van der Waals surface area contributed by atoms with Gasteiger partial charge >= 0.3 is 5.97 Å². The predicted octanol–water partition coefficient (Wildman–Crippen LogP) is 3.91. The number of thiazole rings is 1. The number of phenols is 1. The van der Waals surface area contributed by atoms with E-state index >= 15 is 0 Å². The Kier molecular flexibility index (Phi) is 8.70. The minimum Gasteiger partial charge on any atom is -0.504 e. The zero-order valence-corrected chi connectivity index (χ0v) is 25.4. The fourth-order valence-electron chi connectivity index (χ4n) is 4.30. The summed E-state index contributed by atoms with van der Waals surface area (Å²) in [7, 11) is 3.01. The summed E-state index contributed by atoms with van der Waals surface area (Å²) >= 11 is 3.22. The zero-order chi connectivity index (χ0) is 28.4. The van der Waals surface area contributed by atoms with Gasteiger partial charge in [0.15, 0.2) is 27.8 Å². The number of ether oxygens (including phenoxy) is 4. The van der Waals surface area contributed by atoms with Gasteiger partial charge < -0.3 is 24.1 Å². The normalized spacial score (nSPS) is 15.2. The number of allylic oxidation sites excluding steroid dienone is 1. The van der Waals surface area contributed by atoms with Crippen LogP contribution in [-0.4, -0.2) is 42.6 Å². The minimum atomic E-state index is -0.793. The monoisotopic (exact) mass is 664 g/mol. The van der Waals surface area contributed by atoms with E-state index in [0.29, 0.717) is 47.0 Å². The summed E-state index contributed by atoms with van der Waals surface area (Å²) in [5.41, 5.74) is 1.74. The molecule has 0 bridgehead atoms. The lowest BCUT2D eigenvalue weighted by molar-refractivity contribution is -0.139. The molecule has 39 heavy (non-hydrogen) atoms. The maximum Gasteiger partial charge on any atom is 0.338 e. The molecule has 1 aromatic heterocycles. The minimum absolute atomic E-state index is 0.0326. The van der Waals surface area contributed by atoms with Gasteiger partial charge in [-0.1, -0.05) is 17.4 Å². The molecule has 2 aromatic carbocycles. The third-order valence-electron chi connectivity index (χ3n) is 5.95. The van der Waals surface area contributed by atoms with Crippen LogP contribution in [0, 0.1) is 3.57 Å². The second-order valence-electron chi connectivity index (χ2n) is 8.93. The van der Waals surface area contributed by atoms with E-state index < -0.39 is 12.0 Å². The van der Waals surface area contributed by atoms with E-state index in [1.807, 2.05) is 42.5 Å². The Bertz CT molecular complexity index is 1640. The summed E-state index contributed by atoms with van der Waals surface area (Å²) in [5, 5.41) is 10.2. The Morgan fingerprint density at radius 3 is 2.54 bits per heavy atom. The number of aromatic hydroxyl groups is 1. The number of benzene rings is 2. The smallest absolute Gasteiger partial charge is 0.338 e. The van der Waals surface area contributed by atoms with Crippen LogP contribution < -0.4 is 29.1 Å². The van der Waals surface area contributed by atoms with Crippen LogP contribution in [0.2, 0.25) is 0 Å². The Morgan fingerprint density at radius 1 is 1.18 bits per heavy atom. The van der Waals surface area contributed by atoms with Crippen molar-refractivity contribution in [2.24, 2.45) is 4.99 Å². The Labute approximate surface area is 243 Å². The van der Waals surface area contributed by atoms with Crippen LogP contribution in [0.5, 0.6) is 23.0 Å². The molecule has 206 valence electrons. The number of aromatic nitrogens is 1. The summed E-state index contributed by atoms with van der Waals surface area (Å²) in [6.45, 7) is 7.48. The molecule has 0 radical (unpaired) electrons. The summed E-state index contributed by atoms with van der Waals surface area (Å²) in [6.07, 6.45) is 1.65. The molecular formula is C28H29IN2O7S. The highest BCUT2D eigenvalue weighted by atomic mass is 127. The van der Waals surface area contributed by atoms with Crippen LogP contribution in [0.15, 0.2) is 51.4 Å². The summed E-state index contributed by atoms with van der Waals surface area (Å²) in [6, 6.07) is 7.96. The first-order chi connectivity index (χ1) is 18.6. The Morgan fingerprint density at radius 2 is 1.90 bits per heavy atom. The predicted molar refractivity (Wildman–Crippen MR) is 157 cm³/mol. The van der Waals surface area contributed by atoms with Crippen molar-refractivity contribution >= 4 is 46.0 Å². The number of nitrogens with zero attached hydrogens (tertiary/aromatic N) is 2. The van der Waals surface area contributed by atoms with Crippen molar-refractivity contribution in [3.63, 3.8) is 0 Å². The zero-order valence-electron chi connectivity index (χ0n) is 22.4. The largest absolute Gasteiger partial charge is 0.504 e. The molecule has 11 heteroatoms. The molecule has 1 atom stereocenters. The molecule has 0 fully saturated rings. The number of fused-ring (bicyclic) bond motifs is 1. The molecule has 1 aliphatic heterocycles. The maximum atomic E-state index is 13.9. The number of halogens is 1. The molecule has 1 aliphatic rings. The fourth-order valence-corrected chi connectivity index (χ4v) is 5.97. The SMILES string of the molecule is CCOC(=O)C1=C(C)N=c2s/c(=C\c3cc(I)c(O)c(OC)c3)c(=O)n2[C@H]1c1ccc(OC(C)C)c(OC)c1. The van der Waals surface area contributed by atoms with E-state index in [2.05, 4.69) is 4.99 Å². The number of esters is 1. The third-order valence-corrected chi connectivity index (χ3v) is 7.76. The van der Waals surface area contributed by atoms with Crippen LogP contribution in [0.1, 0.15) is 44.9 Å². The van der Waals surface area contributed by atoms with Gasteiger partial charge in [0.2, 0.25) is 0 Å². The van der Waals surface area contributed by atoms with Gasteiger partial charge in [-0.25, -0.2) is 9.79 Å². The van der Waals surface area contributed by atoms with Crippen molar-refractivity contribution in [1.82, 2.24) is 4.57 Å². The Balaban J connectivity index is 1.95. The summed E-state index contributed by atoms with van der Waals surface area (Å²) in [5.74, 6) is 0.822. The number of hydrogen-bond acceptors (Lipinski definition) is 9. The number of phenolic OH excluding ortho intramolecular Hbond substituents is 1. The topological polar surface area (TPSA) is 109 Å². The van der Waals surface area contributed by atoms with Gasteiger partial charge in [-0.3, -0.25) is 9.36 Å². The number of carbonyl (C=O) groups is 1. The molecule has 0 saturated carbocycles. The number of methoxy groups -OCH3 is 2. The van der Waals surface area contributed by atoms with Crippen molar-refractivity contribution in [1.29, 1.82) is 0 Å². The number of rotatable bonds is 8. The first kappa shape index (κ1) is 28.7. The average Bonchev–Trinajstić information content (AvgIpc) is 3.19. The van der Waals surface area contributed by atoms with E-state index in [-0.39, 0.29) is 29.6 Å². The molecular weight excluding hydrogens is 635 g/mol. The molecule has 0 unspecified atom stereocenters. The van der Waals surface area contributed by atoms with Crippen molar-refractivity contribution < 1.29 is 28.8 Å². The molecule has 9 nitrogen and oxygen atoms in total. The molecule has 1 N–H and O–H groups in total. The van der Waals surface area contributed by atoms with E-state index in [1.165, 1.54) is 23.0 Å². The van der Waals surface area contributed by atoms with Crippen LogP contribution >= 0.6 is 33.9 Å². The lowest BCUT2D eigenvalue weighted by Gasteiger charge is -2.25. The lowest BCUT2D eigenvalue weighted by Crippen LogP contribution is -2.40. The van der Waals surface area contributed by atoms with Crippen molar-refractivity contribution in [3.8, 4) is 23.0 Å². The van der Waals surface area contributed by atoms with Gasteiger partial charge in [-0.2, -0.15) is 0 Å². The van der Waals surface area contributed by atoms with Crippen LogP contribution in [0.4, 0.5) is 0 Å². The first-order valence-electron chi connectivity index (χ1n) is 12.2. The van der Waals surface area contributed by atoms with Gasteiger partial charge in [0.05, 0.1) is 52.3 Å². The van der Waals surface area contributed by atoms with Gasteiger partial charge in [-0.15, -0.1) is 0 Å². The Hall–Kier alpha value is -3.32. The molecule has 2 heterocycles. The molecule has 3 aromatic rings. The summed E-state index contributed by atoms with van der Waals surface area (Å²) < 4.78 is 24.6. The molecule has 4 rings (SSSR count). The standard InChI is InChI=1S/C28H29IN2O7S/c1-7-37-27(34)23-15(4)30-28-31(24(23)17-8-9-19(38-14(2)3)20(13-17)35-5)26(33)22(39-28)12-16-10-18(29)25(32)21(11-16)36-6/h8-14,24,32H,7H2,1-6H3/b22-12-/t24-/m0/s1. The molecule has 0 amide bonds. The summed E-state index contributed by atoms with van der Waals surface area (Å²) in [4.78, 5) is 32.1. The number of carbonyl (C=O) groups excluding carboxylic acids is 1. The first-order valence-corrected chi connectivity index (χ1v) is 14.1. The highest BCUT2D eigenvalue weighted by Crippen LogP contribution is 2.37. The van der Waals surface area contributed by atoms with Gasteiger partial charge in [0, 0.05) is 0 Å². The van der Waals surface area contributed by atoms with Gasteiger partial charge in [0.25, 0.3) is 5.56 Å². The lowest BCUT2D eigenvalue weighted by atomic mass is 9.95. The molecule has 0 spiro atoms. The highest BCUT2D eigenvalue weighted by molar-refractivity contribution is 14.1. The van der Waals surface area contributed by atoms with Crippen molar-refractivity contribution in [3.05, 3.63) is 76.0 Å². The average molecular weight is 665 g/mol. The van der Waals surface area contributed by atoms with E-state index in [0.717, 1.165) is 0 Å². The maximum absolute atomic E-state index is 13.9. The van der Waals surface area contributed by atoms with Crippen molar-refractivity contribution in [2.75, 3.05) is 20.8 Å². The van der Waals surface area contributed by atoms with Gasteiger partial charge in [-0.05, 0) is 91.8 Å².